The molecule has 1 N–H and O–H groups in total. The summed E-state index contributed by atoms with van der Waals surface area (Å²) < 4.78 is 14.4. The van der Waals surface area contributed by atoms with Crippen molar-refractivity contribution >= 4 is 39.7 Å². The highest BCUT2D eigenvalue weighted by Gasteiger charge is 2.26. The molecule has 0 radical (unpaired) electrons. The number of likely N-dealkylation sites (tertiary alicyclic amines) is 1. The molecule has 3 rings (SSSR count). The van der Waals surface area contributed by atoms with Crippen LogP contribution < -0.4 is 5.32 Å². The highest BCUT2D eigenvalue weighted by molar-refractivity contribution is 7.21. The van der Waals surface area contributed by atoms with Gasteiger partial charge >= 0.3 is 0 Å². The highest BCUT2D eigenvalue weighted by Crippen LogP contribution is 2.32. The number of carbonyl (C=O) groups excluding carboxylic acids is 1. The molecule has 120 valence electrons. The first-order chi connectivity index (χ1) is 10.1. The minimum absolute atomic E-state index is 0. The van der Waals surface area contributed by atoms with Gasteiger partial charge in [0, 0.05) is 23.8 Å². The summed E-state index contributed by atoms with van der Waals surface area (Å²) in [4.78, 5) is 15.4. The molecule has 22 heavy (non-hydrogen) atoms. The fraction of sp³-hybridized carbons (Fsp3) is 0.438. The maximum Gasteiger partial charge on any atom is 0.264 e. The van der Waals surface area contributed by atoms with E-state index in [0.717, 1.165) is 46.5 Å². The first-order valence-corrected chi connectivity index (χ1v) is 8.07. The third kappa shape index (κ3) is 3.12. The maximum atomic E-state index is 13.4. The quantitative estimate of drug-likeness (QED) is 0.904. The van der Waals surface area contributed by atoms with Gasteiger partial charge in [-0.3, -0.25) is 4.79 Å². The first kappa shape index (κ1) is 17.2. The average Bonchev–Trinajstić information content (AvgIpc) is 2.83. The summed E-state index contributed by atoms with van der Waals surface area (Å²) in [5, 5.41) is 4.10. The van der Waals surface area contributed by atoms with Gasteiger partial charge < -0.3 is 10.2 Å². The van der Waals surface area contributed by atoms with E-state index in [1.54, 1.807) is 6.07 Å². The number of thiophene rings is 1. The molecule has 1 fully saturated rings. The summed E-state index contributed by atoms with van der Waals surface area (Å²) in [6, 6.07) is 5.09. The van der Waals surface area contributed by atoms with Gasteiger partial charge in [0.15, 0.2) is 0 Å². The fourth-order valence-electron chi connectivity index (χ4n) is 2.94. The van der Waals surface area contributed by atoms with Gasteiger partial charge in [0.25, 0.3) is 5.91 Å². The zero-order chi connectivity index (χ0) is 15.0. The average molecular weight is 343 g/mol. The van der Waals surface area contributed by atoms with Crippen molar-refractivity contribution < 1.29 is 9.18 Å². The van der Waals surface area contributed by atoms with Gasteiger partial charge in [0.2, 0.25) is 0 Å². The Morgan fingerprint density at radius 3 is 2.95 bits per heavy atom. The molecule has 0 spiro atoms. The number of carbonyl (C=O) groups is 1. The predicted octanol–water partition coefficient (Wildman–Crippen LogP) is 3.59. The Labute approximate surface area is 139 Å². The van der Waals surface area contributed by atoms with E-state index in [9.17, 15) is 9.18 Å². The number of nitrogens with zero attached hydrogens (tertiary/aromatic N) is 1. The molecule has 1 aliphatic heterocycles. The van der Waals surface area contributed by atoms with Crippen LogP contribution in [0.25, 0.3) is 10.1 Å². The number of halogens is 2. The standard InChI is InChI=1S/C16H19FN2OS.ClH/c1-10-13-8-11(17)5-6-14(13)21-15(10)16(20)19-7-3-4-12(9-19)18-2;/h5-6,8,12,18H,3-4,7,9H2,1-2H3;1H. The number of benzene rings is 1. The zero-order valence-electron chi connectivity index (χ0n) is 12.7. The molecule has 1 aromatic heterocycles. The van der Waals surface area contributed by atoms with Gasteiger partial charge in [0.05, 0.1) is 4.88 Å². The number of amides is 1. The van der Waals surface area contributed by atoms with Crippen LogP contribution >= 0.6 is 23.7 Å². The lowest BCUT2D eigenvalue weighted by Gasteiger charge is -2.32. The molecular weight excluding hydrogens is 323 g/mol. The Kier molecular flexibility index (Phi) is 5.42. The molecule has 1 aliphatic rings. The number of hydrogen-bond donors (Lipinski definition) is 1. The van der Waals surface area contributed by atoms with Gasteiger partial charge in [-0.2, -0.15) is 0 Å². The summed E-state index contributed by atoms with van der Waals surface area (Å²) in [5.41, 5.74) is 0.895. The Balaban J connectivity index is 0.00000176. The van der Waals surface area contributed by atoms with Crippen LogP contribution in [0.1, 0.15) is 28.1 Å². The number of hydrogen-bond acceptors (Lipinski definition) is 3. The van der Waals surface area contributed by atoms with Crippen LogP contribution in [0.15, 0.2) is 18.2 Å². The van der Waals surface area contributed by atoms with Crippen LogP contribution in [-0.2, 0) is 0 Å². The molecule has 6 heteroatoms. The molecule has 0 bridgehead atoms. The number of nitrogens with one attached hydrogen (secondary N) is 1. The second-order valence-electron chi connectivity index (χ2n) is 5.58. The predicted molar refractivity (Wildman–Crippen MR) is 91.8 cm³/mol. The van der Waals surface area contributed by atoms with Crippen molar-refractivity contribution in [2.24, 2.45) is 0 Å². The molecule has 1 atom stereocenters. The van der Waals surface area contributed by atoms with Gasteiger partial charge in [-0.25, -0.2) is 4.39 Å². The number of fused-ring (bicyclic) bond motifs is 1. The van der Waals surface area contributed by atoms with E-state index in [0.29, 0.717) is 6.04 Å². The van der Waals surface area contributed by atoms with Gasteiger partial charge in [0.1, 0.15) is 5.82 Å². The SMILES string of the molecule is CNC1CCCN(C(=O)c2sc3ccc(F)cc3c2C)C1.Cl. The van der Waals surface area contributed by atoms with Crippen molar-refractivity contribution in [1.82, 2.24) is 10.2 Å². The third-order valence-corrected chi connectivity index (χ3v) is 5.47. The Hall–Kier alpha value is -1.17. The van der Waals surface area contributed by atoms with Crippen molar-refractivity contribution in [2.45, 2.75) is 25.8 Å². The number of piperidine rings is 1. The maximum absolute atomic E-state index is 13.4. The van der Waals surface area contributed by atoms with E-state index < -0.39 is 0 Å². The monoisotopic (exact) mass is 342 g/mol. The normalized spacial score (nSPS) is 18.3. The molecule has 2 aromatic rings. The summed E-state index contributed by atoms with van der Waals surface area (Å²) in [5.74, 6) is -0.176. The summed E-state index contributed by atoms with van der Waals surface area (Å²) in [6.45, 7) is 3.46. The number of likely N-dealkylation sites (N-methyl/N-ethyl adjacent to an activating group) is 1. The number of aryl methyl sites for hydroxylation is 1. The zero-order valence-corrected chi connectivity index (χ0v) is 14.3. The van der Waals surface area contributed by atoms with Crippen molar-refractivity contribution in [3.63, 3.8) is 0 Å². The molecule has 2 heterocycles. The molecule has 3 nitrogen and oxygen atoms in total. The van der Waals surface area contributed by atoms with Crippen LogP contribution in [0.5, 0.6) is 0 Å². The second kappa shape index (κ2) is 6.94. The molecule has 1 aromatic carbocycles. The van der Waals surface area contributed by atoms with E-state index in [-0.39, 0.29) is 24.1 Å². The Morgan fingerprint density at radius 1 is 1.45 bits per heavy atom. The Bertz CT molecular complexity index is 688. The van der Waals surface area contributed by atoms with Crippen LogP contribution in [0.2, 0.25) is 0 Å². The lowest BCUT2D eigenvalue weighted by molar-refractivity contribution is 0.0702. The topological polar surface area (TPSA) is 32.3 Å². The van der Waals surface area contributed by atoms with Gasteiger partial charge in [-0.1, -0.05) is 0 Å². The minimum atomic E-state index is -0.254. The second-order valence-corrected chi connectivity index (χ2v) is 6.63. The van der Waals surface area contributed by atoms with Crippen molar-refractivity contribution in [3.8, 4) is 0 Å². The highest BCUT2D eigenvalue weighted by atomic mass is 35.5. The van der Waals surface area contributed by atoms with E-state index in [1.807, 2.05) is 18.9 Å². The molecule has 1 saturated heterocycles. The summed E-state index contributed by atoms with van der Waals surface area (Å²) >= 11 is 1.46. The number of rotatable bonds is 2. The molecule has 0 saturated carbocycles. The van der Waals surface area contributed by atoms with Crippen LogP contribution in [0, 0.1) is 12.7 Å². The van der Waals surface area contributed by atoms with Gasteiger partial charge in [-0.05, 0) is 56.0 Å². The Morgan fingerprint density at radius 2 is 2.23 bits per heavy atom. The van der Waals surface area contributed by atoms with E-state index >= 15 is 0 Å². The fourth-order valence-corrected chi connectivity index (χ4v) is 4.10. The lowest BCUT2D eigenvalue weighted by atomic mass is 10.1. The molecular formula is C16H20ClFN2OS. The smallest absolute Gasteiger partial charge is 0.264 e. The van der Waals surface area contributed by atoms with Gasteiger partial charge in [-0.15, -0.1) is 23.7 Å². The van der Waals surface area contributed by atoms with Crippen LogP contribution in [0.4, 0.5) is 4.39 Å². The summed E-state index contributed by atoms with van der Waals surface area (Å²) in [7, 11) is 1.94. The van der Waals surface area contributed by atoms with Crippen molar-refractivity contribution in [2.75, 3.05) is 20.1 Å². The lowest BCUT2D eigenvalue weighted by Crippen LogP contribution is -2.46. The van der Waals surface area contributed by atoms with E-state index in [1.165, 1.54) is 23.5 Å². The summed E-state index contributed by atoms with van der Waals surface area (Å²) in [6.07, 6.45) is 2.13. The third-order valence-electron chi connectivity index (χ3n) is 4.21. The first-order valence-electron chi connectivity index (χ1n) is 7.25. The van der Waals surface area contributed by atoms with Crippen LogP contribution in [0.3, 0.4) is 0 Å². The van der Waals surface area contributed by atoms with Crippen LogP contribution in [-0.4, -0.2) is 37.0 Å². The van der Waals surface area contributed by atoms with Crippen molar-refractivity contribution in [1.29, 1.82) is 0 Å². The van der Waals surface area contributed by atoms with Crippen molar-refractivity contribution in [3.05, 3.63) is 34.5 Å². The molecule has 1 unspecified atom stereocenters. The molecule has 0 aliphatic carbocycles. The van der Waals surface area contributed by atoms with E-state index in [2.05, 4.69) is 5.32 Å². The molecule has 1 amide bonds. The van der Waals surface area contributed by atoms with E-state index in [4.69, 9.17) is 0 Å². The largest absolute Gasteiger partial charge is 0.336 e. The minimum Gasteiger partial charge on any atom is -0.336 e.